The van der Waals surface area contributed by atoms with Crippen molar-refractivity contribution in [3.05, 3.63) is 0 Å². The van der Waals surface area contributed by atoms with Gasteiger partial charge in [0.25, 0.3) is 0 Å². The summed E-state index contributed by atoms with van der Waals surface area (Å²) in [7, 11) is 2.59. The molecule has 0 fully saturated rings. The zero-order valence-corrected chi connectivity index (χ0v) is 13.6. The van der Waals surface area contributed by atoms with E-state index in [4.69, 9.17) is 21.3 Å². The van der Waals surface area contributed by atoms with Crippen molar-refractivity contribution < 1.29 is 19.4 Å². The molecule has 0 aliphatic rings. The molecule has 19 heavy (non-hydrogen) atoms. The Kier molecular flexibility index (Phi) is 10.8. The summed E-state index contributed by atoms with van der Waals surface area (Å²) in [6.07, 6.45) is 0. The van der Waals surface area contributed by atoms with Gasteiger partial charge in [-0.05, 0) is 20.8 Å². The molecular formula is C10H21ClN2O4S2. The van der Waals surface area contributed by atoms with E-state index < -0.39 is 29.6 Å². The van der Waals surface area contributed by atoms with Gasteiger partial charge in [-0.15, -0.1) is 12.4 Å². The first kappa shape index (κ1) is 21.2. The number of hydrogen-bond donors (Lipinski definition) is 3. The molecule has 0 amide bonds. The normalized spacial score (nSPS) is 14.2. The van der Waals surface area contributed by atoms with Crippen LogP contribution in [0.2, 0.25) is 0 Å². The Hall–Kier alpha value is -0.150. The third-order valence-electron chi connectivity index (χ3n) is 1.61. The number of ether oxygens (including phenoxy) is 1. The van der Waals surface area contributed by atoms with E-state index in [2.05, 4.69) is 0 Å². The molecule has 0 aromatic carbocycles. The SMILES string of the molecule is CC(C)(C)OC(=O)[C@@H](N)CSSC[C@H](N)C(=O)O.Cl. The quantitative estimate of drug-likeness (QED) is 0.357. The lowest BCUT2D eigenvalue weighted by molar-refractivity contribution is -0.155. The molecule has 0 aliphatic heterocycles. The highest BCUT2D eigenvalue weighted by atomic mass is 35.5. The van der Waals surface area contributed by atoms with Crippen LogP contribution < -0.4 is 11.5 Å². The van der Waals surface area contributed by atoms with Gasteiger partial charge in [-0.3, -0.25) is 9.59 Å². The molecule has 0 bridgehead atoms. The summed E-state index contributed by atoms with van der Waals surface area (Å²) in [4.78, 5) is 22.0. The van der Waals surface area contributed by atoms with Crippen LogP contribution in [0.25, 0.3) is 0 Å². The number of nitrogens with two attached hydrogens (primary N) is 2. The molecule has 0 aliphatic carbocycles. The molecule has 9 heteroatoms. The minimum Gasteiger partial charge on any atom is -0.480 e. The summed E-state index contributed by atoms with van der Waals surface area (Å²) >= 11 is 0. The van der Waals surface area contributed by atoms with Gasteiger partial charge in [-0.1, -0.05) is 21.6 Å². The number of carboxylic acids is 1. The third kappa shape index (κ3) is 11.4. The Bertz CT molecular complexity index is 300. The fourth-order valence-electron chi connectivity index (χ4n) is 0.760. The Morgan fingerprint density at radius 1 is 1.16 bits per heavy atom. The maximum atomic E-state index is 11.5. The van der Waals surface area contributed by atoms with Crippen LogP contribution in [0.4, 0.5) is 0 Å². The van der Waals surface area contributed by atoms with Gasteiger partial charge in [-0.2, -0.15) is 0 Å². The average molecular weight is 333 g/mol. The first-order chi connectivity index (χ1) is 8.13. The lowest BCUT2D eigenvalue weighted by atomic mass is 10.2. The highest BCUT2D eigenvalue weighted by molar-refractivity contribution is 8.76. The molecule has 0 saturated carbocycles. The highest BCUT2D eigenvalue weighted by Gasteiger charge is 2.22. The van der Waals surface area contributed by atoms with E-state index in [9.17, 15) is 9.59 Å². The molecule has 5 N–H and O–H groups in total. The van der Waals surface area contributed by atoms with Crippen LogP contribution in [0, 0.1) is 0 Å². The molecule has 0 unspecified atom stereocenters. The largest absolute Gasteiger partial charge is 0.480 e. The van der Waals surface area contributed by atoms with Gasteiger partial charge < -0.3 is 21.3 Å². The second-order valence-corrected chi connectivity index (χ2v) is 7.21. The van der Waals surface area contributed by atoms with E-state index in [1.165, 1.54) is 21.6 Å². The smallest absolute Gasteiger partial charge is 0.324 e. The van der Waals surface area contributed by atoms with E-state index in [0.29, 0.717) is 5.75 Å². The number of carbonyl (C=O) groups excluding carboxylic acids is 1. The molecule has 2 atom stereocenters. The van der Waals surface area contributed by atoms with Gasteiger partial charge in [0.15, 0.2) is 0 Å². The molecule has 6 nitrogen and oxygen atoms in total. The molecule has 0 spiro atoms. The number of aliphatic carboxylic acids is 1. The van der Waals surface area contributed by atoms with Crippen molar-refractivity contribution in [2.45, 2.75) is 38.5 Å². The zero-order valence-electron chi connectivity index (χ0n) is 11.1. The number of esters is 1. The van der Waals surface area contributed by atoms with Crippen molar-refractivity contribution in [1.82, 2.24) is 0 Å². The molecule has 0 rings (SSSR count). The summed E-state index contributed by atoms with van der Waals surface area (Å²) in [5, 5.41) is 8.56. The van der Waals surface area contributed by atoms with E-state index in [1.54, 1.807) is 20.8 Å². The third-order valence-corrected chi connectivity index (χ3v) is 4.08. The summed E-state index contributed by atoms with van der Waals surface area (Å²) < 4.78 is 5.11. The minimum absolute atomic E-state index is 0. The lowest BCUT2D eigenvalue weighted by Gasteiger charge is -2.21. The lowest BCUT2D eigenvalue weighted by Crippen LogP contribution is -2.39. The van der Waals surface area contributed by atoms with Crippen LogP contribution in [-0.4, -0.2) is 46.2 Å². The Morgan fingerprint density at radius 3 is 1.95 bits per heavy atom. The number of hydrogen-bond acceptors (Lipinski definition) is 7. The predicted molar refractivity (Wildman–Crippen MR) is 81.6 cm³/mol. The monoisotopic (exact) mass is 332 g/mol. The first-order valence-corrected chi connectivity index (χ1v) is 7.83. The van der Waals surface area contributed by atoms with Crippen LogP contribution in [0.5, 0.6) is 0 Å². The van der Waals surface area contributed by atoms with Crippen molar-refractivity contribution in [1.29, 1.82) is 0 Å². The summed E-state index contributed by atoms with van der Waals surface area (Å²) in [6.45, 7) is 5.31. The maximum absolute atomic E-state index is 11.5. The second kappa shape index (κ2) is 9.71. The van der Waals surface area contributed by atoms with Crippen LogP contribution in [0.1, 0.15) is 20.8 Å². The van der Waals surface area contributed by atoms with Crippen LogP contribution in [0.15, 0.2) is 0 Å². The van der Waals surface area contributed by atoms with E-state index >= 15 is 0 Å². The summed E-state index contributed by atoms with van der Waals surface area (Å²) in [5.41, 5.74) is 10.4. The number of carboxylic acid groups (broad SMARTS) is 1. The summed E-state index contributed by atoms with van der Waals surface area (Å²) in [6, 6.07) is -1.62. The predicted octanol–water partition coefficient (Wildman–Crippen LogP) is 0.871. The van der Waals surface area contributed by atoms with E-state index in [-0.39, 0.29) is 18.2 Å². The average Bonchev–Trinajstić information content (AvgIpc) is 2.20. The summed E-state index contributed by atoms with van der Waals surface area (Å²) in [5.74, 6) is -0.884. The Morgan fingerprint density at radius 2 is 1.58 bits per heavy atom. The van der Waals surface area contributed by atoms with Gasteiger partial charge in [0.05, 0.1) is 0 Å². The Labute approximate surface area is 127 Å². The van der Waals surface area contributed by atoms with Crippen molar-refractivity contribution in [3.63, 3.8) is 0 Å². The molecule has 0 aromatic heterocycles. The Balaban J connectivity index is 0. The molecular weight excluding hydrogens is 312 g/mol. The van der Waals surface area contributed by atoms with Crippen LogP contribution >= 0.6 is 34.0 Å². The van der Waals surface area contributed by atoms with E-state index in [1.807, 2.05) is 0 Å². The van der Waals surface area contributed by atoms with Crippen molar-refractivity contribution in [3.8, 4) is 0 Å². The molecule has 0 aromatic rings. The molecule has 0 radical (unpaired) electrons. The zero-order chi connectivity index (χ0) is 14.3. The van der Waals surface area contributed by atoms with Gasteiger partial charge in [0.2, 0.25) is 0 Å². The van der Waals surface area contributed by atoms with Gasteiger partial charge >= 0.3 is 11.9 Å². The van der Waals surface area contributed by atoms with Crippen LogP contribution in [0.3, 0.4) is 0 Å². The standard InChI is InChI=1S/C10H20N2O4S2.ClH/c1-10(2,3)16-9(15)7(12)5-18-17-4-6(11)8(13)14;/h6-7H,4-5,11-12H2,1-3H3,(H,13,14);1H/t6-,7-;/m0./s1. The van der Waals surface area contributed by atoms with Crippen LogP contribution in [-0.2, 0) is 14.3 Å². The van der Waals surface area contributed by atoms with Crippen molar-refractivity contribution in [2.75, 3.05) is 11.5 Å². The van der Waals surface area contributed by atoms with E-state index in [0.717, 1.165) is 0 Å². The molecule has 0 heterocycles. The van der Waals surface area contributed by atoms with Crippen molar-refractivity contribution >= 4 is 45.9 Å². The minimum atomic E-state index is -1.04. The fraction of sp³-hybridized carbons (Fsp3) is 0.800. The van der Waals surface area contributed by atoms with Crippen molar-refractivity contribution in [2.24, 2.45) is 11.5 Å². The molecule has 114 valence electrons. The number of rotatable bonds is 7. The maximum Gasteiger partial charge on any atom is 0.324 e. The fourth-order valence-corrected chi connectivity index (χ4v) is 2.98. The first-order valence-electron chi connectivity index (χ1n) is 5.34. The van der Waals surface area contributed by atoms with Gasteiger partial charge in [-0.25, -0.2) is 0 Å². The number of halogens is 1. The highest BCUT2D eigenvalue weighted by Crippen LogP contribution is 2.22. The molecule has 0 saturated heterocycles. The number of carbonyl (C=O) groups is 2. The van der Waals surface area contributed by atoms with Gasteiger partial charge in [0, 0.05) is 11.5 Å². The van der Waals surface area contributed by atoms with Gasteiger partial charge in [0.1, 0.15) is 17.7 Å². The second-order valence-electron chi connectivity index (χ2n) is 4.65. The topological polar surface area (TPSA) is 116 Å².